The second-order valence-electron chi connectivity index (χ2n) is 7.42. The first-order valence-electron chi connectivity index (χ1n) is 9.43. The largest absolute Gasteiger partial charge is 0.294 e. The van der Waals surface area contributed by atoms with E-state index in [1.807, 2.05) is 61.7 Å². The van der Waals surface area contributed by atoms with Gasteiger partial charge in [0.05, 0.1) is 17.0 Å². The third-order valence-electron chi connectivity index (χ3n) is 5.49. The van der Waals surface area contributed by atoms with Gasteiger partial charge in [0.2, 0.25) is 0 Å². The summed E-state index contributed by atoms with van der Waals surface area (Å²) >= 11 is 12.2. The van der Waals surface area contributed by atoms with E-state index in [4.69, 9.17) is 28.2 Å². The van der Waals surface area contributed by atoms with E-state index >= 15 is 0 Å². The van der Waals surface area contributed by atoms with Gasteiger partial charge >= 0.3 is 0 Å². The normalized spacial score (nSPS) is 16.2. The fraction of sp³-hybridized carbons (Fsp3) is 0.174. The molecule has 144 valence electrons. The number of hydrogen-bond donors (Lipinski definition) is 0. The van der Waals surface area contributed by atoms with Crippen molar-refractivity contribution in [3.63, 3.8) is 0 Å². The summed E-state index contributed by atoms with van der Waals surface area (Å²) in [4.78, 5) is 17.8. The van der Waals surface area contributed by atoms with Crippen LogP contribution in [0.3, 0.4) is 0 Å². The van der Waals surface area contributed by atoms with E-state index in [9.17, 15) is 4.79 Å². The number of ketones is 1. The highest BCUT2D eigenvalue weighted by Gasteiger charge is 2.29. The summed E-state index contributed by atoms with van der Waals surface area (Å²) in [5.74, 6) is 0.165. The van der Waals surface area contributed by atoms with Crippen molar-refractivity contribution in [2.24, 2.45) is 0 Å². The van der Waals surface area contributed by atoms with E-state index < -0.39 is 0 Å². The van der Waals surface area contributed by atoms with Crippen molar-refractivity contribution in [1.29, 1.82) is 0 Å². The van der Waals surface area contributed by atoms with Gasteiger partial charge < -0.3 is 0 Å². The number of benzene rings is 2. The molecule has 2 aromatic heterocycles. The van der Waals surface area contributed by atoms with Crippen molar-refractivity contribution in [1.82, 2.24) is 14.6 Å². The van der Waals surface area contributed by atoms with Crippen LogP contribution in [0.4, 0.5) is 0 Å². The molecule has 0 spiro atoms. The van der Waals surface area contributed by atoms with Gasteiger partial charge in [-0.05, 0) is 54.7 Å². The predicted molar refractivity (Wildman–Crippen MR) is 115 cm³/mol. The molecular formula is C23H17Cl2N3O. The summed E-state index contributed by atoms with van der Waals surface area (Å²) < 4.78 is 1.72. The molecule has 4 aromatic rings. The van der Waals surface area contributed by atoms with Gasteiger partial charge in [0.1, 0.15) is 0 Å². The number of Topliss-reactive ketones (excluding diaryl/α,β-unsaturated/α-hetero) is 1. The fourth-order valence-corrected chi connectivity index (χ4v) is 4.42. The molecule has 1 atom stereocenters. The summed E-state index contributed by atoms with van der Waals surface area (Å²) in [5, 5.41) is 5.96. The third-order valence-corrected chi connectivity index (χ3v) is 5.98. The Labute approximate surface area is 178 Å². The predicted octanol–water partition coefficient (Wildman–Crippen LogP) is 5.92. The van der Waals surface area contributed by atoms with Gasteiger partial charge in [0, 0.05) is 28.2 Å². The minimum Gasteiger partial charge on any atom is -0.294 e. The molecule has 6 heteroatoms. The van der Waals surface area contributed by atoms with Crippen LogP contribution in [0.1, 0.15) is 39.6 Å². The highest BCUT2D eigenvalue weighted by molar-refractivity contribution is 6.30. The molecule has 0 fully saturated rings. The molecule has 0 aliphatic heterocycles. The summed E-state index contributed by atoms with van der Waals surface area (Å²) in [6.07, 6.45) is 2.97. The maximum Gasteiger partial charge on any atom is 0.166 e. The fourth-order valence-electron chi connectivity index (χ4n) is 4.10. The van der Waals surface area contributed by atoms with Gasteiger partial charge in [-0.25, -0.2) is 9.50 Å². The van der Waals surface area contributed by atoms with E-state index in [2.05, 4.69) is 5.10 Å². The Morgan fingerprint density at radius 1 is 1.03 bits per heavy atom. The average molecular weight is 422 g/mol. The van der Waals surface area contributed by atoms with Gasteiger partial charge in [-0.2, -0.15) is 5.10 Å². The van der Waals surface area contributed by atoms with Crippen molar-refractivity contribution >= 4 is 34.6 Å². The molecule has 1 unspecified atom stereocenters. The first kappa shape index (κ1) is 18.3. The molecule has 5 rings (SSSR count). The molecular weight excluding hydrogens is 405 g/mol. The standard InChI is InChI=1S/C23H17Cl2N3O/c1-13-22(14-5-7-17(24)8-6-14)23-26-20-10-16(15-3-2-4-18(25)9-15)11-21(29)19(20)12-28(23)27-13/h2-9,12,16H,10-11H2,1H3. The molecule has 4 nitrogen and oxygen atoms in total. The number of carbonyl (C=O) groups excluding carboxylic acids is 1. The summed E-state index contributed by atoms with van der Waals surface area (Å²) in [5.41, 5.74) is 6.12. The number of fused-ring (bicyclic) bond motifs is 2. The second-order valence-corrected chi connectivity index (χ2v) is 8.29. The van der Waals surface area contributed by atoms with E-state index in [0.29, 0.717) is 28.5 Å². The van der Waals surface area contributed by atoms with Crippen LogP contribution in [0.2, 0.25) is 10.0 Å². The lowest BCUT2D eigenvalue weighted by Crippen LogP contribution is -2.21. The van der Waals surface area contributed by atoms with Crippen LogP contribution in [-0.4, -0.2) is 20.4 Å². The smallest absolute Gasteiger partial charge is 0.166 e. The van der Waals surface area contributed by atoms with Crippen LogP contribution in [-0.2, 0) is 6.42 Å². The lowest BCUT2D eigenvalue weighted by atomic mass is 9.82. The molecule has 0 N–H and O–H groups in total. The topological polar surface area (TPSA) is 47.3 Å². The Morgan fingerprint density at radius 3 is 2.59 bits per heavy atom. The number of carbonyl (C=O) groups is 1. The summed E-state index contributed by atoms with van der Waals surface area (Å²) in [7, 11) is 0. The van der Waals surface area contributed by atoms with Crippen molar-refractivity contribution in [2.45, 2.75) is 25.7 Å². The molecule has 1 aliphatic rings. The number of aryl methyl sites for hydroxylation is 1. The van der Waals surface area contributed by atoms with Gasteiger partial charge in [-0.15, -0.1) is 0 Å². The van der Waals surface area contributed by atoms with Crippen molar-refractivity contribution in [2.75, 3.05) is 0 Å². The van der Waals surface area contributed by atoms with Crippen LogP contribution in [0, 0.1) is 6.92 Å². The van der Waals surface area contributed by atoms with E-state index in [0.717, 1.165) is 33.7 Å². The average Bonchev–Trinajstić information content (AvgIpc) is 3.02. The van der Waals surface area contributed by atoms with Crippen molar-refractivity contribution in [3.8, 4) is 11.1 Å². The molecule has 0 saturated heterocycles. The van der Waals surface area contributed by atoms with Crippen molar-refractivity contribution in [3.05, 3.63) is 87.3 Å². The monoisotopic (exact) mass is 421 g/mol. The van der Waals surface area contributed by atoms with Crippen molar-refractivity contribution < 1.29 is 4.79 Å². The van der Waals surface area contributed by atoms with E-state index in [1.54, 1.807) is 4.52 Å². The molecule has 1 aliphatic carbocycles. The van der Waals surface area contributed by atoms with Crippen LogP contribution in [0.15, 0.2) is 54.7 Å². The minimum atomic E-state index is 0.0756. The van der Waals surface area contributed by atoms with Crippen LogP contribution < -0.4 is 0 Å². The number of halogens is 2. The molecule has 0 radical (unpaired) electrons. The Kier molecular flexibility index (Phi) is 4.41. The third kappa shape index (κ3) is 3.22. The lowest BCUT2D eigenvalue weighted by molar-refractivity contribution is 0.0962. The maximum absolute atomic E-state index is 12.9. The second kappa shape index (κ2) is 6.97. The maximum atomic E-state index is 12.9. The number of aromatic nitrogens is 3. The summed E-state index contributed by atoms with van der Waals surface area (Å²) in [6.45, 7) is 1.95. The number of rotatable bonds is 2. The Bertz CT molecular complexity index is 1260. The highest BCUT2D eigenvalue weighted by Crippen LogP contribution is 2.35. The van der Waals surface area contributed by atoms with E-state index in [1.165, 1.54) is 0 Å². The van der Waals surface area contributed by atoms with Crippen LogP contribution >= 0.6 is 23.2 Å². The summed E-state index contributed by atoms with van der Waals surface area (Å²) in [6, 6.07) is 15.4. The quantitative estimate of drug-likeness (QED) is 0.403. The number of hydrogen-bond acceptors (Lipinski definition) is 3. The van der Waals surface area contributed by atoms with E-state index in [-0.39, 0.29) is 11.7 Å². The number of nitrogens with zero attached hydrogens (tertiary/aromatic N) is 3. The Balaban J connectivity index is 1.63. The lowest BCUT2D eigenvalue weighted by Gasteiger charge is -2.23. The Hall–Kier alpha value is -2.69. The Morgan fingerprint density at radius 2 is 1.83 bits per heavy atom. The molecule has 0 amide bonds. The van der Waals surface area contributed by atoms with Gasteiger partial charge in [0.15, 0.2) is 11.4 Å². The van der Waals surface area contributed by atoms with Gasteiger partial charge in [-0.3, -0.25) is 4.79 Å². The SMILES string of the molecule is Cc1nn2cc3c(nc2c1-c1ccc(Cl)cc1)CC(c1cccc(Cl)c1)CC3=O. The minimum absolute atomic E-state index is 0.0756. The van der Waals surface area contributed by atoms with Gasteiger partial charge in [-0.1, -0.05) is 47.5 Å². The van der Waals surface area contributed by atoms with Crippen LogP contribution in [0.25, 0.3) is 16.8 Å². The first-order chi connectivity index (χ1) is 14.0. The molecule has 29 heavy (non-hydrogen) atoms. The first-order valence-corrected chi connectivity index (χ1v) is 10.2. The molecule has 0 bridgehead atoms. The molecule has 2 heterocycles. The molecule has 0 saturated carbocycles. The zero-order valence-corrected chi connectivity index (χ0v) is 17.2. The van der Waals surface area contributed by atoms with Gasteiger partial charge in [0.25, 0.3) is 0 Å². The zero-order valence-electron chi connectivity index (χ0n) is 15.7. The zero-order chi connectivity index (χ0) is 20.1. The molecule has 2 aromatic carbocycles. The highest BCUT2D eigenvalue weighted by atomic mass is 35.5. The van der Waals surface area contributed by atoms with Crippen LogP contribution in [0.5, 0.6) is 0 Å².